The summed E-state index contributed by atoms with van der Waals surface area (Å²) >= 11 is 0. The van der Waals surface area contributed by atoms with Crippen molar-refractivity contribution in [3.05, 3.63) is 0 Å². The van der Waals surface area contributed by atoms with Crippen molar-refractivity contribution < 1.29 is 0 Å². The number of hydrogen-bond acceptors (Lipinski definition) is 1. The Morgan fingerprint density at radius 1 is 1.42 bits per heavy atom. The topological polar surface area (TPSA) is 3.24 Å². The summed E-state index contributed by atoms with van der Waals surface area (Å²) in [4.78, 5) is 2.67. The first kappa shape index (κ1) is 10.0. The highest BCUT2D eigenvalue weighted by Gasteiger charge is 2.26. The second kappa shape index (κ2) is 4.27. The third kappa shape index (κ3) is 2.01. The van der Waals surface area contributed by atoms with Gasteiger partial charge in [-0.15, -0.1) is 0 Å². The molecule has 1 aliphatic rings. The van der Waals surface area contributed by atoms with Crippen LogP contribution in [0, 0.1) is 5.92 Å². The van der Waals surface area contributed by atoms with Gasteiger partial charge in [0.25, 0.3) is 0 Å². The molecule has 0 amide bonds. The molecule has 1 heteroatoms. The number of nitrogens with zero attached hydrogens (tertiary/aromatic N) is 1. The Kier molecular flexibility index (Phi) is 3.57. The largest absolute Gasteiger partial charge is 0.298 e. The molecule has 0 bridgehead atoms. The Bertz CT molecular complexity index is 133. The predicted molar refractivity (Wildman–Crippen MR) is 54.3 cm³/mol. The molecular formula is C11H23N. The van der Waals surface area contributed by atoms with E-state index in [0.717, 1.165) is 18.0 Å². The third-order valence-electron chi connectivity index (χ3n) is 3.58. The quantitative estimate of drug-likeness (QED) is 0.614. The van der Waals surface area contributed by atoms with Crippen LogP contribution in [0.1, 0.15) is 47.0 Å². The van der Waals surface area contributed by atoms with Crippen molar-refractivity contribution in [1.29, 1.82) is 0 Å². The Labute approximate surface area is 77.1 Å². The zero-order chi connectivity index (χ0) is 9.14. The summed E-state index contributed by atoms with van der Waals surface area (Å²) in [5, 5.41) is 0. The molecule has 0 aromatic rings. The number of hydrogen-bond donors (Lipinski definition) is 0. The van der Waals surface area contributed by atoms with Gasteiger partial charge in [-0.1, -0.05) is 13.8 Å². The number of piperidine rings is 1. The molecule has 0 N–H and O–H groups in total. The molecule has 1 nitrogen and oxygen atoms in total. The van der Waals surface area contributed by atoms with Crippen LogP contribution in [0.5, 0.6) is 0 Å². The Hall–Kier alpha value is -0.0400. The van der Waals surface area contributed by atoms with E-state index in [1.165, 1.54) is 25.8 Å². The van der Waals surface area contributed by atoms with Crippen molar-refractivity contribution in [2.24, 2.45) is 5.92 Å². The van der Waals surface area contributed by atoms with Crippen molar-refractivity contribution in [2.45, 2.75) is 59.0 Å². The molecule has 0 aliphatic carbocycles. The normalized spacial score (nSPS) is 35.0. The molecule has 0 saturated carbocycles. The van der Waals surface area contributed by atoms with Crippen LogP contribution >= 0.6 is 0 Å². The van der Waals surface area contributed by atoms with Gasteiger partial charge >= 0.3 is 0 Å². The average molecular weight is 169 g/mol. The van der Waals surface area contributed by atoms with Crippen molar-refractivity contribution in [2.75, 3.05) is 6.54 Å². The summed E-state index contributed by atoms with van der Waals surface area (Å²) < 4.78 is 0. The van der Waals surface area contributed by atoms with E-state index in [4.69, 9.17) is 0 Å². The molecule has 3 unspecified atom stereocenters. The fourth-order valence-corrected chi connectivity index (χ4v) is 2.22. The molecule has 0 spiro atoms. The lowest BCUT2D eigenvalue weighted by atomic mass is 9.90. The molecule has 1 aliphatic heterocycles. The molecule has 1 saturated heterocycles. The zero-order valence-electron chi connectivity index (χ0n) is 9.01. The monoisotopic (exact) mass is 169 g/mol. The van der Waals surface area contributed by atoms with Gasteiger partial charge < -0.3 is 0 Å². The summed E-state index contributed by atoms with van der Waals surface area (Å²) in [6.07, 6.45) is 4.11. The van der Waals surface area contributed by atoms with Gasteiger partial charge in [0.05, 0.1) is 0 Å². The van der Waals surface area contributed by atoms with E-state index >= 15 is 0 Å². The molecule has 1 heterocycles. The molecule has 0 aromatic heterocycles. The van der Waals surface area contributed by atoms with Gasteiger partial charge in [-0.25, -0.2) is 0 Å². The van der Waals surface area contributed by atoms with Crippen LogP contribution in [0.4, 0.5) is 0 Å². The van der Waals surface area contributed by atoms with E-state index in [2.05, 4.69) is 32.6 Å². The summed E-state index contributed by atoms with van der Waals surface area (Å²) in [5.74, 6) is 0.896. The first-order valence-electron chi connectivity index (χ1n) is 5.42. The van der Waals surface area contributed by atoms with E-state index in [-0.39, 0.29) is 0 Å². The SMILES string of the molecule is CCC(C)N1CCCC(C)C1C. The minimum absolute atomic E-state index is 0.780. The van der Waals surface area contributed by atoms with Gasteiger partial charge in [-0.05, 0) is 45.6 Å². The lowest BCUT2D eigenvalue weighted by Gasteiger charge is -2.41. The van der Waals surface area contributed by atoms with Gasteiger partial charge in [0.2, 0.25) is 0 Å². The van der Waals surface area contributed by atoms with Gasteiger partial charge in [0.1, 0.15) is 0 Å². The predicted octanol–water partition coefficient (Wildman–Crippen LogP) is 2.91. The maximum absolute atomic E-state index is 2.67. The molecule has 3 atom stereocenters. The summed E-state index contributed by atoms with van der Waals surface area (Å²) in [6.45, 7) is 10.7. The van der Waals surface area contributed by atoms with Gasteiger partial charge in [-0.3, -0.25) is 4.90 Å². The first-order valence-corrected chi connectivity index (χ1v) is 5.42. The molecule has 0 aromatic carbocycles. The van der Waals surface area contributed by atoms with Crippen molar-refractivity contribution in [3.63, 3.8) is 0 Å². The molecular weight excluding hydrogens is 146 g/mol. The zero-order valence-corrected chi connectivity index (χ0v) is 9.01. The maximum atomic E-state index is 2.67. The minimum Gasteiger partial charge on any atom is -0.298 e. The van der Waals surface area contributed by atoms with Crippen LogP contribution in [0.2, 0.25) is 0 Å². The second-order valence-corrected chi connectivity index (χ2v) is 4.36. The average Bonchev–Trinajstić information content (AvgIpc) is 2.08. The van der Waals surface area contributed by atoms with Crippen molar-refractivity contribution in [3.8, 4) is 0 Å². The first-order chi connectivity index (χ1) is 5.66. The van der Waals surface area contributed by atoms with E-state index in [1.807, 2.05) is 0 Å². The minimum atomic E-state index is 0.780. The molecule has 1 fully saturated rings. The van der Waals surface area contributed by atoms with E-state index < -0.39 is 0 Å². The Balaban J connectivity index is 2.51. The van der Waals surface area contributed by atoms with Crippen LogP contribution in [0.25, 0.3) is 0 Å². The third-order valence-corrected chi connectivity index (χ3v) is 3.58. The second-order valence-electron chi connectivity index (χ2n) is 4.36. The van der Waals surface area contributed by atoms with Gasteiger partial charge in [0.15, 0.2) is 0 Å². The summed E-state index contributed by atoms with van der Waals surface area (Å²) in [5.41, 5.74) is 0. The van der Waals surface area contributed by atoms with Crippen molar-refractivity contribution >= 4 is 0 Å². The number of rotatable bonds is 2. The van der Waals surface area contributed by atoms with Crippen LogP contribution in [0.3, 0.4) is 0 Å². The standard InChI is InChI=1S/C11H23N/c1-5-10(3)12-8-6-7-9(2)11(12)4/h9-11H,5-8H2,1-4H3. The lowest BCUT2D eigenvalue weighted by molar-refractivity contribution is 0.0739. The fraction of sp³-hybridized carbons (Fsp3) is 1.00. The van der Waals surface area contributed by atoms with E-state index in [9.17, 15) is 0 Å². The maximum Gasteiger partial charge on any atom is 0.00953 e. The number of likely N-dealkylation sites (tertiary alicyclic amines) is 1. The van der Waals surface area contributed by atoms with Crippen molar-refractivity contribution in [1.82, 2.24) is 4.90 Å². The molecule has 1 rings (SSSR count). The highest BCUT2D eigenvalue weighted by molar-refractivity contribution is 4.81. The van der Waals surface area contributed by atoms with Crippen LogP contribution < -0.4 is 0 Å². The van der Waals surface area contributed by atoms with Gasteiger partial charge in [0, 0.05) is 12.1 Å². The highest BCUT2D eigenvalue weighted by Crippen LogP contribution is 2.25. The summed E-state index contributed by atoms with van der Waals surface area (Å²) in [7, 11) is 0. The smallest absolute Gasteiger partial charge is 0.00953 e. The van der Waals surface area contributed by atoms with Crippen LogP contribution in [0.15, 0.2) is 0 Å². The van der Waals surface area contributed by atoms with E-state index in [0.29, 0.717) is 0 Å². The van der Waals surface area contributed by atoms with Crippen LogP contribution in [-0.2, 0) is 0 Å². The lowest BCUT2D eigenvalue weighted by Crippen LogP contribution is -2.46. The fourth-order valence-electron chi connectivity index (χ4n) is 2.22. The Morgan fingerprint density at radius 3 is 2.67 bits per heavy atom. The highest BCUT2D eigenvalue weighted by atomic mass is 15.2. The summed E-state index contributed by atoms with van der Waals surface area (Å²) in [6, 6.07) is 1.58. The van der Waals surface area contributed by atoms with Crippen LogP contribution in [-0.4, -0.2) is 23.5 Å². The van der Waals surface area contributed by atoms with E-state index in [1.54, 1.807) is 0 Å². The Morgan fingerprint density at radius 2 is 2.08 bits per heavy atom. The molecule has 12 heavy (non-hydrogen) atoms. The molecule has 0 radical (unpaired) electrons. The van der Waals surface area contributed by atoms with Gasteiger partial charge in [-0.2, -0.15) is 0 Å². The molecule has 72 valence electrons.